The molecule has 0 aliphatic carbocycles. The Morgan fingerprint density at radius 3 is 2.39 bits per heavy atom. The molecule has 2 N–H and O–H groups in total. The first kappa shape index (κ1) is 17.2. The van der Waals surface area contributed by atoms with Crippen molar-refractivity contribution in [1.29, 1.82) is 0 Å². The van der Waals surface area contributed by atoms with E-state index in [-0.39, 0.29) is 0 Å². The van der Waals surface area contributed by atoms with Gasteiger partial charge >= 0.3 is 5.97 Å². The molecule has 0 saturated heterocycles. The van der Waals surface area contributed by atoms with Crippen LogP contribution >= 0.6 is 0 Å². The quantitative estimate of drug-likeness (QED) is 0.860. The summed E-state index contributed by atoms with van der Waals surface area (Å²) < 4.78 is 1.83. The monoisotopic (exact) mass is 315 g/mol. The third kappa shape index (κ3) is 3.45. The highest BCUT2D eigenvalue weighted by Crippen LogP contribution is 2.31. The Labute approximate surface area is 137 Å². The lowest BCUT2D eigenvalue weighted by Crippen LogP contribution is -2.54. The summed E-state index contributed by atoms with van der Waals surface area (Å²) in [6, 6.07) is 12.0. The molecule has 1 aromatic carbocycles. The van der Waals surface area contributed by atoms with Crippen molar-refractivity contribution in [3.05, 3.63) is 42.1 Å². The molecule has 0 amide bonds. The normalized spacial score (nSPS) is 12.4. The minimum Gasteiger partial charge on any atom is -0.481 e. The molecular weight excluding hydrogens is 290 g/mol. The fourth-order valence-electron chi connectivity index (χ4n) is 2.22. The molecule has 0 bridgehead atoms. The van der Waals surface area contributed by atoms with Gasteiger partial charge in [-0.2, -0.15) is 5.10 Å². The van der Waals surface area contributed by atoms with Crippen LogP contribution in [0.4, 0.5) is 0 Å². The Balaban J connectivity index is 2.16. The molecule has 2 rings (SSSR count). The van der Waals surface area contributed by atoms with Crippen molar-refractivity contribution in [3.8, 4) is 11.3 Å². The minimum absolute atomic E-state index is 0.556. The molecule has 2 aromatic rings. The third-order valence-corrected chi connectivity index (χ3v) is 4.85. The van der Waals surface area contributed by atoms with E-state index >= 15 is 0 Å². The zero-order valence-electron chi connectivity index (χ0n) is 14.4. The molecule has 0 aliphatic rings. The van der Waals surface area contributed by atoms with E-state index in [2.05, 4.69) is 10.4 Å². The average molecular weight is 315 g/mol. The molecule has 5 nitrogen and oxygen atoms in total. The van der Waals surface area contributed by atoms with Crippen LogP contribution in [0.15, 0.2) is 36.4 Å². The Morgan fingerprint density at radius 1 is 1.22 bits per heavy atom. The van der Waals surface area contributed by atoms with Crippen molar-refractivity contribution in [3.63, 3.8) is 0 Å². The van der Waals surface area contributed by atoms with Gasteiger partial charge in [0.05, 0.1) is 16.8 Å². The number of benzene rings is 1. The molecule has 0 radical (unpaired) electrons. The number of aliphatic carboxylic acids is 1. The van der Waals surface area contributed by atoms with Gasteiger partial charge in [0.15, 0.2) is 0 Å². The van der Waals surface area contributed by atoms with Crippen molar-refractivity contribution in [2.24, 2.45) is 12.5 Å². The van der Waals surface area contributed by atoms with Crippen molar-refractivity contribution >= 4 is 5.97 Å². The lowest BCUT2D eigenvalue weighted by atomic mass is 9.74. The fraction of sp³-hybridized carbons (Fsp3) is 0.444. The molecule has 5 heteroatoms. The molecule has 0 unspecified atom stereocenters. The zero-order valence-corrected chi connectivity index (χ0v) is 14.4. The third-order valence-electron chi connectivity index (χ3n) is 4.85. The van der Waals surface area contributed by atoms with E-state index in [4.69, 9.17) is 0 Å². The predicted octanol–water partition coefficient (Wildman–Crippen LogP) is 3.07. The van der Waals surface area contributed by atoms with Crippen LogP contribution in [0.3, 0.4) is 0 Å². The number of rotatable bonds is 6. The molecule has 0 fully saturated rings. The van der Waals surface area contributed by atoms with E-state index < -0.39 is 16.9 Å². The van der Waals surface area contributed by atoms with Gasteiger partial charge in [-0.15, -0.1) is 0 Å². The van der Waals surface area contributed by atoms with Gasteiger partial charge in [-0.1, -0.05) is 30.3 Å². The average Bonchev–Trinajstić information content (AvgIpc) is 2.87. The van der Waals surface area contributed by atoms with Gasteiger partial charge < -0.3 is 10.4 Å². The number of nitrogens with zero attached hydrogens (tertiary/aromatic N) is 2. The van der Waals surface area contributed by atoms with Gasteiger partial charge in [0.1, 0.15) is 0 Å². The standard InChI is InChI=1S/C18H25N3O2/c1-17(2,16(22)23)18(3,4)19-12-14-11-15(20-21(14)5)13-9-7-6-8-10-13/h6-11,19H,12H2,1-5H3,(H,22,23). The number of carboxylic acids is 1. The second-order valence-electron chi connectivity index (χ2n) is 6.92. The number of aryl methyl sites for hydroxylation is 1. The van der Waals surface area contributed by atoms with Gasteiger partial charge in [0, 0.05) is 24.7 Å². The summed E-state index contributed by atoms with van der Waals surface area (Å²) in [6.45, 7) is 7.85. The summed E-state index contributed by atoms with van der Waals surface area (Å²) in [6.07, 6.45) is 0. The van der Waals surface area contributed by atoms with Crippen molar-refractivity contribution in [2.75, 3.05) is 0 Å². The number of hydrogen-bond acceptors (Lipinski definition) is 3. The molecule has 0 saturated carbocycles. The van der Waals surface area contributed by atoms with Crippen LogP contribution in [0.5, 0.6) is 0 Å². The van der Waals surface area contributed by atoms with Crippen LogP contribution < -0.4 is 5.32 Å². The highest BCUT2D eigenvalue weighted by molar-refractivity contribution is 5.75. The first-order chi connectivity index (χ1) is 10.6. The van der Waals surface area contributed by atoms with Gasteiger partial charge in [-0.05, 0) is 33.8 Å². The van der Waals surface area contributed by atoms with Gasteiger partial charge in [0.25, 0.3) is 0 Å². The second kappa shape index (κ2) is 6.16. The Morgan fingerprint density at radius 2 is 1.83 bits per heavy atom. The molecule has 0 atom stereocenters. The topological polar surface area (TPSA) is 67.2 Å². The van der Waals surface area contributed by atoms with Crippen molar-refractivity contribution in [2.45, 2.75) is 39.8 Å². The maximum atomic E-state index is 11.5. The van der Waals surface area contributed by atoms with Crippen LogP contribution in [0.2, 0.25) is 0 Å². The molecule has 124 valence electrons. The maximum absolute atomic E-state index is 11.5. The summed E-state index contributed by atoms with van der Waals surface area (Å²) in [5.41, 5.74) is 1.56. The molecule has 23 heavy (non-hydrogen) atoms. The largest absolute Gasteiger partial charge is 0.481 e. The van der Waals surface area contributed by atoms with Crippen LogP contribution in [0.1, 0.15) is 33.4 Å². The second-order valence-corrected chi connectivity index (χ2v) is 6.92. The van der Waals surface area contributed by atoms with Gasteiger partial charge in [0.2, 0.25) is 0 Å². The number of hydrogen-bond donors (Lipinski definition) is 2. The summed E-state index contributed by atoms with van der Waals surface area (Å²) in [7, 11) is 1.90. The summed E-state index contributed by atoms with van der Waals surface area (Å²) in [5.74, 6) is -0.815. The van der Waals surface area contributed by atoms with Crippen LogP contribution in [-0.2, 0) is 18.4 Å². The molecule has 0 spiro atoms. The fourth-order valence-corrected chi connectivity index (χ4v) is 2.22. The number of carbonyl (C=O) groups is 1. The molecule has 1 heterocycles. The smallest absolute Gasteiger partial charge is 0.310 e. The highest BCUT2D eigenvalue weighted by Gasteiger charge is 2.43. The maximum Gasteiger partial charge on any atom is 0.310 e. The van der Waals surface area contributed by atoms with E-state index in [0.29, 0.717) is 6.54 Å². The van der Waals surface area contributed by atoms with Crippen LogP contribution in [-0.4, -0.2) is 26.4 Å². The lowest BCUT2D eigenvalue weighted by Gasteiger charge is -2.39. The van der Waals surface area contributed by atoms with Crippen molar-refractivity contribution < 1.29 is 9.90 Å². The first-order valence-corrected chi connectivity index (χ1v) is 7.72. The van der Waals surface area contributed by atoms with E-state index in [1.807, 2.05) is 62.0 Å². The Hall–Kier alpha value is -2.14. The first-order valence-electron chi connectivity index (χ1n) is 7.72. The minimum atomic E-state index is -0.881. The Bertz CT molecular complexity index is 688. The molecule has 1 aromatic heterocycles. The summed E-state index contributed by atoms with van der Waals surface area (Å²) in [4.78, 5) is 11.5. The molecule has 0 aliphatic heterocycles. The van der Waals surface area contributed by atoms with E-state index in [0.717, 1.165) is 17.0 Å². The number of nitrogens with one attached hydrogen (secondary N) is 1. The summed E-state index contributed by atoms with van der Waals surface area (Å²) in [5, 5.41) is 17.3. The van der Waals surface area contributed by atoms with E-state index in [1.54, 1.807) is 13.8 Å². The number of aromatic nitrogens is 2. The SMILES string of the molecule is Cn1nc(-c2ccccc2)cc1CNC(C)(C)C(C)(C)C(=O)O. The van der Waals surface area contributed by atoms with E-state index in [9.17, 15) is 9.90 Å². The van der Waals surface area contributed by atoms with E-state index in [1.165, 1.54) is 0 Å². The highest BCUT2D eigenvalue weighted by atomic mass is 16.4. The lowest BCUT2D eigenvalue weighted by molar-refractivity contribution is -0.151. The summed E-state index contributed by atoms with van der Waals surface area (Å²) >= 11 is 0. The zero-order chi connectivity index (χ0) is 17.3. The van der Waals surface area contributed by atoms with Crippen LogP contribution in [0.25, 0.3) is 11.3 Å². The van der Waals surface area contributed by atoms with Gasteiger partial charge in [-0.25, -0.2) is 0 Å². The predicted molar refractivity (Wildman–Crippen MR) is 91.0 cm³/mol. The number of carboxylic acid groups (broad SMARTS) is 1. The molecular formula is C18H25N3O2. The van der Waals surface area contributed by atoms with Crippen molar-refractivity contribution in [1.82, 2.24) is 15.1 Å². The van der Waals surface area contributed by atoms with Gasteiger partial charge in [-0.3, -0.25) is 9.48 Å². The Kier molecular flexibility index (Phi) is 4.61. The van der Waals surface area contributed by atoms with Crippen LogP contribution in [0, 0.1) is 5.41 Å².